The van der Waals surface area contributed by atoms with E-state index in [-0.39, 0.29) is 17.3 Å². The molecule has 9 heteroatoms. The number of sulfonamides is 1. The van der Waals surface area contributed by atoms with Gasteiger partial charge in [-0.15, -0.1) is 0 Å². The van der Waals surface area contributed by atoms with E-state index in [0.717, 1.165) is 9.87 Å². The molecule has 1 heterocycles. The summed E-state index contributed by atoms with van der Waals surface area (Å²) < 4.78 is 35.9. The predicted octanol–water partition coefficient (Wildman–Crippen LogP) is 4.39. The van der Waals surface area contributed by atoms with Crippen molar-refractivity contribution in [1.29, 1.82) is 0 Å². The summed E-state index contributed by atoms with van der Waals surface area (Å²) >= 11 is 0. The van der Waals surface area contributed by atoms with E-state index in [2.05, 4.69) is 10.3 Å². The van der Waals surface area contributed by atoms with E-state index in [1.807, 2.05) is 48.0 Å². The van der Waals surface area contributed by atoms with Crippen molar-refractivity contribution in [1.82, 2.24) is 14.9 Å². The van der Waals surface area contributed by atoms with Crippen molar-refractivity contribution in [2.75, 3.05) is 17.4 Å². The van der Waals surface area contributed by atoms with Crippen LogP contribution in [-0.2, 0) is 21.4 Å². The SMILES string of the molecule is Cc1ccc(S(=O)(=O)N(CC(=O)NCCCn2ccnc2)c2ccc(Oc3ccccc3)cc2)cc1. The van der Waals surface area contributed by atoms with Gasteiger partial charge in [-0.3, -0.25) is 9.10 Å². The first-order chi connectivity index (χ1) is 17.4. The van der Waals surface area contributed by atoms with Crippen molar-refractivity contribution in [2.24, 2.45) is 0 Å². The number of aryl methyl sites for hydroxylation is 2. The Kier molecular flexibility index (Phi) is 8.02. The van der Waals surface area contributed by atoms with E-state index in [4.69, 9.17) is 4.74 Å². The van der Waals surface area contributed by atoms with Crippen molar-refractivity contribution in [2.45, 2.75) is 24.8 Å². The molecular formula is C27H28N4O4S. The van der Waals surface area contributed by atoms with Gasteiger partial charge in [0, 0.05) is 25.5 Å². The lowest BCUT2D eigenvalue weighted by Gasteiger charge is -2.24. The van der Waals surface area contributed by atoms with Gasteiger partial charge < -0.3 is 14.6 Å². The number of hydrogen-bond donors (Lipinski definition) is 1. The van der Waals surface area contributed by atoms with E-state index in [9.17, 15) is 13.2 Å². The molecule has 0 aliphatic carbocycles. The average Bonchev–Trinajstić information content (AvgIpc) is 3.40. The predicted molar refractivity (Wildman–Crippen MR) is 139 cm³/mol. The number of hydrogen-bond acceptors (Lipinski definition) is 5. The third kappa shape index (κ3) is 6.51. The van der Waals surface area contributed by atoms with Crippen molar-refractivity contribution in [3.05, 3.63) is 103 Å². The molecule has 0 spiro atoms. The van der Waals surface area contributed by atoms with Crippen LogP contribution in [0.1, 0.15) is 12.0 Å². The van der Waals surface area contributed by atoms with Crippen LogP contribution in [0.25, 0.3) is 0 Å². The number of carbonyl (C=O) groups is 1. The number of imidazole rings is 1. The van der Waals surface area contributed by atoms with Gasteiger partial charge in [0.2, 0.25) is 5.91 Å². The maximum atomic E-state index is 13.5. The minimum atomic E-state index is -3.98. The molecule has 0 saturated carbocycles. The lowest BCUT2D eigenvalue weighted by atomic mass is 10.2. The minimum Gasteiger partial charge on any atom is -0.457 e. The summed E-state index contributed by atoms with van der Waals surface area (Å²) in [4.78, 5) is 16.9. The van der Waals surface area contributed by atoms with Crippen molar-refractivity contribution in [3.63, 3.8) is 0 Å². The Bertz CT molecular complexity index is 1360. The van der Waals surface area contributed by atoms with E-state index >= 15 is 0 Å². The van der Waals surface area contributed by atoms with Crippen LogP contribution in [0.2, 0.25) is 0 Å². The second-order valence-corrected chi connectivity index (χ2v) is 10.1. The third-order valence-corrected chi connectivity index (χ3v) is 7.26. The molecule has 4 aromatic rings. The molecular weight excluding hydrogens is 476 g/mol. The molecule has 0 aliphatic rings. The monoisotopic (exact) mass is 504 g/mol. The van der Waals surface area contributed by atoms with Crippen LogP contribution in [0.5, 0.6) is 11.5 Å². The van der Waals surface area contributed by atoms with Gasteiger partial charge in [-0.25, -0.2) is 13.4 Å². The maximum Gasteiger partial charge on any atom is 0.264 e. The fourth-order valence-electron chi connectivity index (χ4n) is 3.55. The van der Waals surface area contributed by atoms with Crippen LogP contribution in [0.3, 0.4) is 0 Å². The number of para-hydroxylation sites is 1. The van der Waals surface area contributed by atoms with Crippen molar-refractivity contribution in [3.8, 4) is 11.5 Å². The molecule has 186 valence electrons. The number of aromatic nitrogens is 2. The van der Waals surface area contributed by atoms with E-state index < -0.39 is 10.0 Å². The third-order valence-electron chi connectivity index (χ3n) is 5.47. The Balaban J connectivity index is 1.50. The topological polar surface area (TPSA) is 93.5 Å². The summed E-state index contributed by atoms with van der Waals surface area (Å²) in [5.41, 5.74) is 1.31. The molecule has 3 aromatic carbocycles. The molecule has 36 heavy (non-hydrogen) atoms. The van der Waals surface area contributed by atoms with Gasteiger partial charge in [0.25, 0.3) is 10.0 Å². The highest BCUT2D eigenvalue weighted by atomic mass is 32.2. The Morgan fingerprint density at radius 1 is 0.972 bits per heavy atom. The van der Waals surface area contributed by atoms with Crippen LogP contribution in [-0.4, -0.2) is 37.0 Å². The Hall–Kier alpha value is -4.11. The molecule has 0 fully saturated rings. The Morgan fingerprint density at radius 2 is 1.67 bits per heavy atom. The standard InChI is InChI=1S/C27H28N4O4S/c1-22-8-14-26(15-9-22)36(33,34)31(20-27(32)29-16-5-18-30-19-17-28-21-30)23-10-12-25(13-11-23)35-24-6-3-2-4-7-24/h2-4,6-15,17,19,21H,5,16,18,20H2,1H3,(H,29,32). The lowest BCUT2D eigenvalue weighted by molar-refractivity contribution is -0.119. The number of ether oxygens (including phenoxy) is 1. The fourth-order valence-corrected chi connectivity index (χ4v) is 4.97. The maximum absolute atomic E-state index is 13.5. The van der Waals surface area contributed by atoms with E-state index in [1.165, 1.54) is 0 Å². The first-order valence-electron chi connectivity index (χ1n) is 11.6. The molecule has 0 saturated heterocycles. The number of benzene rings is 3. The second kappa shape index (κ2) is 11.5. The van der Waals surface area contributed by atoms with Crippen molar-refractivity contribution >= 4 is 21.6 Å². The van der Waals surface area contributed by atoms with Crippen LogP contribution in [0.4, 0.5) is 5.69 Å². The molecule has 1 N–H and O–H groups in total. The van der Waals surface area contributed by atoms with Gasteiger partial charge >= 0.3 is 0 Å². The molecule has 0 atom stereocenters. The molecule has 0 unspecified atom stereocenters. The lowest BCUT2D eigenvalue weighted by Crippen LogP contribution is -2.41. The highest BCUT2D eigenvalue weighted by molar-refractivity contribution is 7.92. The quantitative estimate of drug-likeness (QED) is 0.306. The normalized spacial score (nSPS) is 11.1. The summed E-state index contributed by atoms with van der Waals surface area (Å²) in [5, 5.41) is 2.82. The number of rotatable bonds is 11. The van der Waals surface area contributed by atoms with Gasteiger partial charge in [-0.2, -0.15) is 0 Å². The average molecular weight is 505 g/mol. The largest absolute Gasteiger partial charge is 0.457 e. The van der Waals surface area contributed by atoms with Gasteiger partial charge in [0.1, 0.15) is 18.0 Å². The van der Waals surface area contributed by atoms with Crippen LogP contribution in [0.15, 0.2) is 102 Å². The summed E-state index contributed by atoms with van der Waals surface area (Å²) in [5.74, 6) is 0.840. The number of carbonyl (C=O) groups excluding carboxylic acids is 1. The second-order valence-electron chi connectivity index (χ2n) is 8.24. The summed E-state index contributed by atoms with van der Waals surface area (Å²) in [6, 6.07) is 22.5. The molecule has 0 radical (unpaired) electrons. The number of anilines is 1. The first-order valence-corrected chi connectivity index (χ1v) is 13.0. The highest BCUT2D eigenvalue weighted by Gasteiger charge is 2.27. The van der Waals surface area contributed by atoms with E-state index in [1.54, 1.807) is 61.1 Å². The van der Waals surface area contributed by atoms with Crippen LogP contribution >= 0.6 is 0 Å². The molecule has 0 aliphatic heterocycles. The van der Waals surface area contributed by atoms with Gasteiger partial charge in [0.05, 0.1) is 16.9 Å². The number of nitrogens with one attached hydrogen (secondary N) is 1. The zero-order valence-electron chi connectivity index (χ0n) is 19.9. The molecule has 0 bridgehead atoms. The minimum absolute atomic E-state index is 0.116. The number of amides is 1. The Morgan fingerprint density at radius 3 is 2.33 bits per heavy atom. The van der Waals surface area contributed by atoms with Gasteiger partial charge in [-0.1, -0.05) is 35.9 Å². The van der Waals surface area contributed by atoms with Crippen molar-refractivity contribution < 1.29 is 17.9 Å². The summed E-state index contributed by atoms with van der Waals surface area (Å²) in [6.07, 6.45) is 5.95. The van der Waals surface area contributed by atoms with Crippen LogP contribution < -0.4 is 14.4 Å². The highest BCUT2D eigenvalue weighted by Crippen LogP contribution is 2.28. The molecule has 8 nitrogen and oxygen atoms in total. The molecule has 4 rings (SSSR count). The number of nitrogens with zero attached hydrogens (tertiary/aromatic N) is 3. The first kappa shape index (κ1) is 25.0. The summed E-state index contributed by atoms with van der Waals surface area (Å²) in [6.45, 7) is 2.66. The fraction of sp³-hybridized carbons (Fsp3) is 0.185. The Labute approximate surface area is 211 Å². The van der Waals surface area contributed by atoms with Crippen LogP contribution in [0, 0.1) is 6.92 Å². The van der Waals surface area contributed by atoms with Gasteiger partial charge in [-0.05, 0) is 61.9 Å². The molecule has 1 amide bonds. The smallest absolute Gasteiger partial charge is 0.264 e. The van der Waals surface area contributed by atoms with E-state index in [0.29, 0.717) is 36.7 Å². The zero-order chi connectivity index (χ0) is 25.4. The summed E-state index contributed by atoms with van der Waals surface area (Å²) in [7, 11) is -3.98. The van der Waals surface area contributed by atoms with Gasteiger partial charge in [0.15, 0.2) is 0 Å². The molecule has 1 aromatic heterocycles. The zero-order valence-corrected chi connectivity index (χ0v) is 20.8.